The van der Waals surface area contributed by atoms with Crippen LogP contribution < -0.4 is 0 Å². The predicted octanol–water partition coefficient (Wildman–Crippen LogP) is 16.2. The number of hydrogen-bond donors (Lipinski definition) is 3. The molecule has 3 rings (SSSR count). The molecule has 0 fully saturated rings. The molecular formula is C54H90O9S3Zr. The van der Waals surface area contributed by atoms with Crippen molar-refractivity contribution in [1.82, 2.24) is 0 Å². The quantitative estimate of drug-likeness (QED) is 0.0380. The van der Waals surface area contributed by atoms with Gasteiger partial charge in [-0.15, -0.1) is 0 Å². The van der Waals surface area contributed by atoms with Crippen molar-refractivity contribution in [3.63, 3.8) is 0 Å². The van der Waals surface area contributed by atoms with Gasteiger partial charge in [0.05, 0.1) is 14.7 Å². The fourth-order valence-corrected chi connectivity index (χ4v) is 10.6. The molecular weight excluding hydrogens is 980 g/mol. The molecule has 3 aromatic carbocycles. The second-order valence-electron chi connectivity index (χ2n) is 18.0. The summed E-state index contributed by atoms with van der Waals surface area (Å²) < 4.78 is 95.4. The van der Waals surface area contributed by atoms with E-state index in [2.05, 4.69) is 20.8 Å². The van der Waals surface area contributed by atoms with Crippen LogP contribution in [0.4, 0.5) is 0 Å². The van der Waals surface area contributed by atoms with E-state index in [9.17, 15) is 38.9 Å². The summed E-state index contributed by atoms with van der Waals surface area (Å²) in [4.78, 5) is 0.183. The third-order valence-electron chi connectivity index (χ3n) is 12.2. The van der Waals surface area contributed by atoms with Gasteiger partial charge >= 0.3 is 0 Å². The van der Waals surface area contributed by atoms with E-state index in [0.29, 0.717) is 19.3 Å². The Bertz CT molecular complexity index is 1760. The molecule has 0 heterocycles. The molecule has 0 radical (unpaired) electrons. The van der Waals surface area contributed by atoms with Crippen LogP contribution in [0.5, 0.6) is 0 Å². The van der Waals surface area contributed by atoms with Crippen molar-refractivity contribution in [3.05, 3.63) is 89.5 Å². The van der Waals surface area contributed by atoms with Gasteiger partial charge in [0.2, 0.25) is 0 Å². The fourth-order valence-electron chi connectivity index (χ4n) is 8.29. The Hall–Kier alpha value is -1.73. The fraction of sp³-hybridized carbons (Fsp3) is 0.667. The second-order valence-corrected chi connectivity index (χ2v) is 22.2. The molecule has 13 heteroatoms. The van der Waals surface area contributed by atoms with Crippen molar-refractivity contribution >= 4 is 30.4 Å². The van der Waals surface area contributed by atoms with Gasteiger partial charge in [-0.05, 0) is 73.4 Å². The van der Waals surface area contributed by atoms with Crippen LogP contribution in [0, 0.1) is 0 Å². The Kier molecular flexibility index (Phi) is 39.9. The standard InChI is InChI=1S/3C18H30O3S.Zr/c3*1-2-3-4-5-6-7-8-9-10-11-14-17-15-12-13-16-18(17)22(19,20)21;/h3*12-13,15-16H,2-11,14H2,1H3,(H,19,20,21);. The van der Waals surface area contributed by atoms with E-state index in [1.54, 1.807) is 36.4 Å². The van der Waals surface area contributed by atoms with E-state index in [0.717, 1.165) is 55.2 Å². The topological polar surface area (TPSA) is 163 Å². The van der Waals surface area contributed by atoms with Crippen molar-refractivity contribution in [2.45, 2.75) is 247 Å². The molecule has 382 valence electrons. The zero-order valence-corrected chi connectivity index (χ0v) is 46.7. The summed E-state index contributed by atoms with van der Waals surface area (Å²) >= 11 is 0. The van der Waals surface area contributed by atoms with Crippen LogP contribution in [-0.4, -0.2) is 38.9 Å². The van der Waals surface area contributed by atoms with Crippen LogP contribution >= 0.6 is 0 Å². The summed E-state index contributed by atoms with van der Waals surface area (Å²) in [5.74, 6) is 0. The van der Waals surface area contributed by atoms with Crippen LogP contribution in [0.25, 0.3) is 0 Å². The number of aryl methyl sites for hydroxylation is 3. The van der Waals surface area contributed by atoms with Crippen molar-refractivity contribution in [2.24, 2.45) is 0 Å². The van der Waals surface area contributed by atoms with Gasteiger partial charge < -0.3 is 0 Å². The van der Waals surface area contributed by atoms with Gasteiger partial charge in [-0.3, -0.25) is 13.7 Å². The Morgan fingerprint density at radius 1 is 0.284 bits per heavy atom. The first-order valence-corrected chi connectivity index (χ1v) is 30.1. The van der Waals surface area contributed by atoms with Gasteiger partial charge in [-0.1, -0.05) is 249 Å². The Morgan fingerprint density at radius 2 is 0.448 bits per heavy atom. The number of rotatable bonds is 36. The summed E-state index contributed by atoms with van der Waals surface area (Å²) in [5.41, 5.74) is 2.18. The second kappa shape index (κ2) is 40.9. The normalized spacial score (nSPS) is 11.6. The SMILES string of the molecule is CCCCCCCCCCCCc1ccccc1S(=O)(=O)O.CCCCCCCCCCCCc1ccccc1S(=O)(=O)O.CCCCCCCCCCCCc1ccccc1S(=O)(=O)O.[Zr]. The van der Waals surface area contributed by atoms with Crippen LogP contribution in [0.1, 0.15) is 230 Å². The van der Waals surface area contributed by atoms with Crippen molar-refractivity contribution in [3.8, 4) is 0 Å². The largest absolute Gasteiger partial charge is 0.294 e. The Balaban J connectivity index is 0.000000968. The van der Waals surface area contributed by atoms with Crippen LogP contribution in [-0.2, 0) is 75.8 Å². The maximum absolute atomic E-state index is 11.3. The maximum atomic E-state index is 11.3. The predicted molar refractivity (Wildman–Crippen MR) is 275 cm³/mol. The first-order chi connectivity index (χ1) is 31.7. The molecule has 0 saturated heterocycles. The van der Waals surface area contributed by atoms with Gasteiger partial charge in [0.15, 0.2) is 0 Å². The van der Waals surface area contributed by atoms with E-state index in [1.807, 2.05) is 18.2 Å². The Morgan fingerprint density at radius 3 is 0.627 bits per heavy atom. The molecule has 0 aliphatic rings. The first kappa shape index (κ1) is 65.3. The third-order valence-corrected chi connectivity index (χ3v) is 15.0. The van der Waals surface area contributed by atoms with E-state index >= 15 is 0 Å². The minimum Gasteiger partial charge on any atom is -0.282 e. The van der Waals surface area contributed by atoms with Gasteiger partial charge in [-0.2, -0.15) is 25.3 Å². The van der Waals surface area contributed by atoms with Gasteiger partial charge in [0.1, 0.15) is 0 Å². The molecule has 0 saturated carbocycles. The molecule has 0 aliphatic carbocycles. The molecule has 0 atom stereocenters. The van der Waals surface area contributed by atoms with E-state index in [4.69, 9.17) is 0 Å². The monoisotopic (exact) mass is 1070 g/mol. The van der Waals surface area contributed by atoms with Crippen LogP contribution in [0.15, 0.2) is 87.5 Å². The summed E-state index contributed by atoms with van der Waals surface area (Å²) in [7, 11) is -12.3. The Labute approximate surface area is 429 Å². The van der Waals surface area contributed by atoms with Crippen LogP contribution in [0.3, 0.4) is 0 Å². The number of hydrogen-bond acceptors (Lipinski definition) is 6. The third kappa shape index (κ3) is 34.3. The van der Waals surface area contributed by atoms with Gasteiger partial charge in [0, 0.05) is 26.2 Å². The number of benzene rings is 3. The molecule has 0 unspecified atom stereocenters. The molecule has 9 nitrogen and oxygen atoms in total. The minimum absolute atomic E-state index is 0. The molecule has 0 amide bonds. The van der Waals surface area contributed by atoms with E-state index in [-0.39, 0.29) is 40.9 Å². The zero-order valence-electron chi connectivity index (χ0n) is 41.8. The van der Waals surface area contributed by atoms with Crippen molar-refractivity contribution in [2.75, 3.05) is 0 Å². The molecule has 3 N–H and O–H groups in total. The molecule has 0 bridgehead atoms. The summed E-state index contributed by atoms with van der Waals surface area (Å²) in [6, 6.07) is 20.2. The first-order valence-electron chi connectivity index (χ1n) is 25.8. The maximum Gasteiger partial charge on any atom is 0.294 e. The van der Waals surface area contributed by atoms with Gasteiger partial charge in [0.25, 0.3) is 30.4 Å². The smallest absolute Gasteiger partial charge is 0.282 e. The molecule has 3 aromatic rings. The average molecular weight is 1070 g/mol. The van der Waals surface area contributed by atoms with Crippen molar-refractivity contribution in [1.29, 1.82) is 0 Å². The summed E-state index contributed by atoms with van der Waals surface area (Å²) in [6.45, 7) is 6.71. The van der Waals surface area contributed by atoms with Gasteiger partial charge in [-0.25, -0.2) is 0 Å². The van der Waals surface area contributed by atoms with Crippen LogP contribution in [0.2, 0.25) is 0 Å². The van der Waals surface area contributed by atoms with E-state index in [1.165, 1.54) is 172 Å². The average Bonchev–Trinajstić information content (AvgIpc) is 3.28. The zero-order chi connectivity index (χ0) is 48.8. The number of unbranched alkanes of at least 4 members (excludes halogenated alkanes) is 27. The summed E-state index contributed by atoms with van der Waals surface area (Å²) in [6.07, 6.45) is 39.9. The molecule has 67 heavy (non-hydrogen) atoms. The summed E-state index contributed by atoms with van der Waals surface area (Å²) in [5, 5.41) is 0. The molecule has 0 aromatic heterocycles. The minimum atomic E-state index is -4.10. The molecule has 0 aliphatic heterocycles. The van der Waals surface area contributed by atoms with Crippen molar-refractivity contribution < 1.29 is 65.1 Å². The van der Waals surface area contributed by atoms with E-state index < -0.39 is 30.4 Å². The molecule has 0 spiro atoms.